The number of aromatic nitrogens is 3. The Kier molecular flexibility index (Phi) is 4.19. The molecule has 0 N–H and O–H groups in total. The van der Waals surface area contributed by atoms with Crippen molar-refractivity contribution in [3.63, 3.8) is 0 Å². The number of methoxy groups -OCH3 is 1. The highest BCUT2D eigenvalue weighted by molar-refractivity contribution is 7.92. The Labute approximate surface area is 124 Å². The lowest BCUT2D eigenvalue weighted by Crippen LogP contribution is -2.36. The van der Waals surface area contributed by atoms with Gasteiger partial charge >= 0.3 is 4.34 Å². The van der Waals surface area contributed by atoms with E-state index in [1.807, 2.05) is 13.8 Å². The van der Waals surface area contributed by atoms with Gasteiger partial charge in [-0.2, -0.15) is 4.98 Å². The third-order valence-corrected chi connectivity index (χ3v) is 5.31. The molecule has 0 fully saturated rings. The second-order valence-corrected chi connectivity index (χ2v) is 7.63. The Morgan fingerprint density at radius 3 is 2.65 bits per heavy atom. The highest BCUT2D eigenvalue weighted by Gasteiger charge is 2.23. The normalized spacial score (nSPS) is 13.9. The van der Waals surface area contributed by atoms with Gasteiger partial charge in [0.2, 0.25) is 0 Å². The molecular weight excluding hydrogens is 298 g/mol. The van der Waals surface area contributed by atoms with E-state index in [9.17, 15) is 9.35 Å². The fourth-order valence-corrected chi connectivity index (χ4v) is 3.38. The molecule has 110 valence electrons. The van der Waals surface area contributed by atoms with Gasteiger partial charge in [-0.25, -0.2) is 4.98 Å². The summed E-state index contributed by atoms with van der Waals surface area (Å²) in [5, 5.41) is 0. The van der Waals surface area contributed by atoms with Crippen LogP contribution in [0.1, 0.15) is 19.7 Å². The van der Waals surface area contributed by atoms with Gasteiger partial charge in [-0.05, 0) is 32.1 Å². The van der Waals surface area contributed by atoms with Gasteiger partial charge in [0.25, 0.3) is 5.56 Å². The maximum absolute atomic E-state index is 12.5. The minimum absolute atomic E-state index is 0.217. The highest BCUT2D eigenvalue weighted by Crippen LogP contribution is 2.22. The molecule has 0 spiro atoms. The highest BCUT2D eigenvalue weighted by atomic mass is 32.2. The number of hydrogen-bond donors (Lipinski definition) is 0. The minimum atomic E-state index is -1.21. The van der Waals surface area contributed by atoms with Crippen LogP contribution >= 0.6 is 11.3 Å². The first-order valence-corrected chi connectivity index (χ1v) is 8.39. The Morgan fingerprint density at radius 1 is 1.45 bits per heavy atom. The number of thiazole rings is 1. The molecule has 1 atom stereocenters. The molecule has 2 aromatic rings. The van der Waals surface area contributed by atoms with Crippen molar-refractivity contribution in [3.05, 3.63) is 16.2 Å². The number of ether oxygens (including phenoxy) is 1. The number of rotatable bonds is 4. The molecule has 2 heterocycles. The summed E-state index contributed by atoms with van der Waals surface area (Å²) in [6, 6.07) is 0. The Hall–Kier alpha value is -0.960. The van der Waals surface area contributed by atoms with Gasteiger partial charge in [-0.1, -0.05) is 0 Å². The van der Waals surface area contributed by atoms with Crippen molar-refractivity contribution in [2.24, 2.45) is 0 Å². The van der Waals surface area contributed by atoms with Crippen molar-refractivity contribution in [2.45, 2.75) is 37.3 Å². The zero-order valence-corrected chi connectivity index (χ0v) is 13.7. The molecule has 0 aliphatic carbocycles. The molecule has 20 heavy (non-hydrogen) atoms. The molecule has 0 saturated heterocycles. The molecule has 0 aliphatic rings. The summed E-state index contributed by atoms with van der Waals surface area (Å²) in [7, 11) is 1.60. The molecule has 8 heteroatoms. The molecule has 2 rings (SSSR count). The Morgan fingerprint density at radius 2 is 2.10 bits per heavy atom. The quantitative estimate of drug-likeness (QED) is 0.795. The van der Waals surface area contributed by atoms with E-state index >= 15 is 0 Å². The summed E-state index contributed by atoms with van der Waals surface area (Å²) in [6.07, 6.45) is 1.54. The summed E-state index contributed by atoms with van der Waals surface area (Å²) in [6.45, 7) is 5.96. The third kappa shape index (κ3) is 2.88. The standard InChI is InChI=1S/C12H17N3O3S2/c1-7-13-9-8(14-11(19-9)20(5)17)10(16)15(7)6-12(2,3)18-4/h6H2,1-5H3. The third-order valence-electron chi connectivity index (χ3n) is 3.03. The Bertz CT molecular complexity index is 691. The van der Waals surface area contributed by atoms with Gasteiger partial charge in [0.15, 0.2) is 10.3 Å². The van der Waals surface area contributed by atoms with Crippen LogP contribution in [-0.4, -0.2) is 38.1 Å². The molecule has 0 aromatic carbocycles. The van der Waals surface area contributed by atoms with Crippen LogP contribution in [0.2, 0.25) is 0 Å². The molecule has 0 bridgehead atoms. The number of hydrogen-bond acceptors (Lipinski definition) is 6. The van der Waals surface area contributed by atoms with Gasteiger partial charge in [0.05, 0.1) is 12.1 Å². The average molecular weight is 315 g/mol. The van der Waals surface area contributed by atoms with Gasteiger partial charge in [-0.3, -0.25) is 9.36 Å². The predicted molar refractivity (Wildman–Crippen MR) is 79.8 cm³/mol. The summed E-state index contributed by atoms with van der Waals surface area (Å²) in [5.74, 6) is 0.602. The molecule has 2 aromatic heterocycles. The van der Waals surface area contributed by atoms with Gasteiger partial charge in [-0.15, -0.1) is 0 Å². The van der Waals surface area contributed by atoms with E-state index < -0.39 is 16.8 Å². The molecule has 0 saturated carbocycles. The maximum atomic E-state index is 12.5. The van der Waals surface area contributed by atoms with Crippen molar-refractivity contribution in [1.82, 2.24) is 14.5 Å². The van der Waals surface area contributed by atoms with Crippen LogP contribution in [-0.2, 0) is 22.5 Å². The largest absolute Gasteiger partial charge is 0.610 e. The van der Waals surface area contributed by atoms with Crippen LogP contribution in [0.25, 0.3) is 10.3 Å². The smallest absolute Gasteiger partial charge is 0.304 e. The van der Waals surface area contributed by atoms with E-state index in [1.54, 1.807) is 18.6 Å². The molecule has 0 radical (unpaired) electrons. The van der Waals surface area contributed by atoms with Crippen LogP contribution in [0.5, 0.6) is 0 Å². The van der Waals surface area contributed by atoms with Crippen LogP contribution in [0.15, 0.2) is 9.13 Å². The van der Waals surface area contributed by atoms with Crippen molar-refractivity contribution < 1.29 is 9.29 Å². The van der Waals surface area contributed by atoms with E-state index in [0.717, 1.165) is 0 Å². The van der Waals surface area contributed by atoms with Gasteiger partial charge in [0.1, 0.15) is 12.1 Å². The fraction of sp³-hybridized carbons (Fsp3) is 0.583. The first-order chi connectivity index (χ1) is 9.25. The summed E-state index contributed by atoms with van der Waals surface area (Å²) in [5.41, 5.74) is -0.417. The monoisotopic (exact) mass is 315 g/mol. The number of fused-ring (bicyclic) bond motifs is 1. The lowest BCUT2D eigenvalue weighted by Gasteiger charge is -2.24. The van der Waals surface area contributed by atoms with Crippen LogP contribution in [0.4, 0.5) is 0 Å². The molecule has 6 nitrogen and oxygen atoms in total. The van der Waals surface area contributed by atoms with Crippen LogP contribution in [0, 0.1) is 6.92 Å². The van der Waals surface area contributed by atoms with Crippen molar-refractivity contribution in [2.75, 3.05) is 13.4 Å². The van der Waals surface area contributed by atoms with E-state index in [-0.39, 0.29) is 11.1 Å². The lowest BCUT2D eigenvalue weighted by atomic mass is 10.1. The van der Waals surface area contributed by atoms with E-state index in [1.165, 1.54) is 17.6 Å². The predicted octanol–water partition coefficient (Wildman–Crippen LogP) is 1.32. The SMILES string of the molecule is COC(C)(C)Cn1c(C)nc2sc([S+](C)[O-])nc2c1=O. The zero-order chi connectivity index (χ0) is 15.1. The average Bonchev–Trinajstić information content (AvgIpc) is 2.78. The second kappa shape index (κ2) is 5.44. The first-order valence-electron chi connectivity index (χ1n) is 6.02. The topological polar surface area (TPSA) is 80.1 Å². The van der Waals surface area contributed by atoms with Crippen LogP contribution in [0.3, 0.4) is 0 Å². The van der Waals surface area contributed by atoms with Gasteiger partial charge in [0, 0.05) is 18.3 Å². The van der Waals surface area contributed by atoms with Crippen molar-refractivity contribution >= 4 is 32.9 Å². The summed E-state index contributed by atoms with van der Waals surface area (Å²) >= 11 is -0.00999. The zero-order valence-electron chi connectivity index (χ0n) is 12.1. The van der Waals surface area contributed by atoms with E-state index in [4.69, 9.17) is 4.74 Å². The first kappa shape index (κ1) is 15.4. The molecule has 0 amide bonds. The van der Waals surface area contributed by atoms with Crippen molar-refractivity contribution in [3.8, 4) is 0 Å². The maximum Gasteiger partial charge on any atom is 0.304 e. The number of aryl methyl sites for hydroxylation is 1. The molecule has 1 unspecified atom stereocenters. The summed E-state index contributed by atoms with van der Waals surface area (Å²) in [4.78, 5) is 21.6. The van der Waals surface area contributed by atoms with E-state index in [0.29, 0.717) is 21.5 Å². The van der Waals surface area contributed by atoms with Gasteiger partial charge < -0.3 is 9.29 Å². The van der Waals surface area contributed by atoms with Crippen molar-refractivity contribution in [1.29, 1.82) is 0 Å². The fourth-order valence-electron chi connectivity index (χ4n) is 1.74. The van der Waals surface area contributed by atoms with E-state index in [2.05, 4.69) is 9.97 Å². The lowest BCUT2D eigenvalue weighted by molar-refractivity contribution is 0.00678. The van der Waals surface area contributed by atoms with Crippen LogP contribution < -0.4 is 5.56 Å². The summed E-state index contributed by atoms with van der Waals surface area (Å²) < 4.78 is 18.8. The second-order valence-electron chi connectivity index (χ2n) is 5.10. The molecule has 0 aliphatic heterocycles. The minimum Gasteiger partial charge on any atom is -0.610 e. The molecular formula is C12H17N3O3S2. The Balaban J connectivity index is 2.59. The number of nitrogens with zero attached hydrogens (tertiary/aromatic N) is 3.